The van der Waals surface area contributed by atoms with Gasteiger partial charge in [-0.3, -0.25) is 0 Å². The number of benzene rings is 1. The molecule has 1 aromatic carbocycles. The summed E-state index contributed by atoms with van der Waals surface area (Å²) in [6.45, 7) is 5.03. The van der Waals surface area contributed by atoms with Crippen LogP contribution >= 0.6 is 0 Å². The first kappa shape index (κ1) is 11.7. The molecule has 0 spiro atoms. The van der Waals surface area contributed by atoms with Crippen molar-refractivity contribution < 1.29 is 5.11 Å². The zero-order chi connectivity index (χ0) is 12.3. The van der Waals surface area contributed by atoms with Gasteiger partial charge < -0.3 is 9.67 Å². The van der Waals surface area contributed by atoms with E-state index in [0.29, 0.717) is 18.2 Å². The average molecular weight is 230 g/mol. The Labute approximate surface area is 102 Å². The van der Waals surface area contributed by atoms with Crippen LogP contribution in [0.2, 0.25) is 0 Å². The third kappa shape index (κ3) is 2.87. The van der Waals surface area contributed by atoms with E-state index in [1.807, 2.05) is 30.6 Å². The molecule has 0 aliphatic carbocycles. The maximum atomic E-state index is 9.75. The second-order valence-electron chi connectivity index (χ2n) is 4.70. The van der Waals surface area contributed by atoms with E-state index >= 15 is 0 Å². The largest absolute Gasteiger partial charge is 0.508 e. The minimum Gasteiger partial charge on any atom is -0.508 e. The van der Waals surface area contributed by atoms with Crippen molar-refractivity contribution in [2.45, 2.75) is 26.8 Å². The zero-order valence-corrected chi connectivity index (χ0v) is 10.3. The van der Waals surface area contributed by atoms with Crippen molar-refractivity contribution in [2.24, 2.45) is 5.92 Å². The Morgan fingerprint density at radius 2 is 2.06 bits per heavy atom. The number of hydrogen-bond acceptors (Lipinski definition) is 2. The Morgan fingerprint density at radius 1 is 1.29 bits per heavy atom. The Bertz CT molecular complexity index is 488. The van der Waals surface area contributed by atoms with Crippen LogP contribution in [0.15, 0.2) is 36.7 Å². The lowest BCUT2D eigenvalue weighted by molar-refractivity contribution is 0.464. The van der Waals surface area contributed by atoms with Crippen LogP contribution in [0.3, 0.4) is 0 Å². The molecular formula is C14H18N2O. The molecule has 0 radical (unpaired) electrons. The maximum Gasteiger partial charge on any atom is 0.120 e. The number of phenolic OH excluding ortho intramolecular Hbond substituents is 1. The third-order valence-electron chi connectivity index (χ3n) is 2.72. The van der Waals surface area contributed by atoms with E-state index in [1.165, 1.54) is 0 Å². The molecule has 1 N–H and O–H groups in total. The van der Waals surface area contributed by atoms with Crippen LogP contribution in [-0.4, -0.2) is 14.7 Å². The summed E-state index contributed by atoms with van der Waals surface area (Å²) in [4.78, 5) is 4.36. The summed E-state index contributed by atoms with van der Waals surface area (Å²) in [6, 6.07) is 7.43. The number of rotatable bonds is 4. The van der Waals surface area contributed by atoms with Crippen molar-refractivity contribution >= 4 is 0 Å². The van der Waals surface area contributed by atoms with Gasteiger partial charge in [-0.2, -0.15) is 0 Å². The van der Waals surface area contributed by atoms with Gasteiger partial charge in [0, 0.05) is 24.4 Å². The molecule has 1 aromatic heterocycles. The van der Waals surface area contributed by atoms with Gasteiger partial charge in [0.25, 0.3) is 0 Å². The first-order valence-electron chi connectivity index (χ1n) is 5.93. The van der Waals surface area contributed by atoms with Gasteiger partial charge in [-0.15, -0.1) is 0 Å². The fourth-order valence-electron chi connectivity index (χ4n) is 1.87. The van der Waals surface area contributed by atoms with Gasteiger partial charge >= 0.3 is 0 Å². The lowest BCUT2D eigenvalue weighted by Gasteiger charge is -2.10. The van der Waals surface area contributed by atoms with E-state index < -0.39 is 0 Å². The van der Waals surface area contributed by atoms with Gasteiger partial charge in [0.15, 0.2) is 0 Å². The molecule has 3 nitrogen and oxygen atoms in total. The van der Waals surface area contributed by atoms with Crippen LogP contribution in [0.4, 0.5) is 0 Å². The van der Waals surface area contributed by atoms with Crippen molar-refractivity contribution in [2.75, 3.05) is 0 Å². The van der Waals surface area contributed by atoms with Crippen LogP contribution in [0, 0.1) is 5.92 Å². The van der Waals surface area contributed by atoms with Crippen molar-refractivity contribution in [3.8, 4) is 5.75 Å². The molecule has 1 heterocycles. The highest BCUT2D eigenvalue weighted by atomic mass is 16.3. The summed E-state index contributed by atoms with van der Waals surface area (Å²) in [5.74, 6) is 2.00. The van der Waals surface area contributed by atoms with Crippen molar-refractivity contribution in [3.63, 3.8) is 0 Å². The number of imidazole rings is 1. The predicted molar refractivity (Wildman–Crippen MR) is 68.0 cm³/mol. The van der Waals surface area contributed by atoms with Crippen molar-refractivity contribution in [1.29, 1.82) is 0 Å². The Balaban J connectivity index is 2.19. The second-order valence-corrected chi connectivity index (χ2v) is 4.70. The number of para-hydroxylation sites is 1. The van der Waals surface area contributed by atoms with Crippen molar-refractivity contribution in [3.05, 3.63) is 48.0 Å². The summed E-state index contributed by atoms with van der Waals surface area (Å²) in [6.07, 6.45) is 4.74. The smallest absolute Gasteiger partial charge is 0.120 e. The van der Waals surface area contributed by atoms with Crippen LogP contribution in [-0.2, 0) is 13.0 Å². The van der Waals surface area contributed by atoms with Crippen LogP contribution < -0.4 is 0 Å². The molecule has 0 aliphatic heterocycles. The van der Waals surface area contributed by atoms with Gasteiger partial charge in [-0.05, 0) is 12.0 Å². The van der Waals surface area contributed by atoms with Gasteiger partial charge in [0.1, 0.15) is 11.6 Å². The number of aromatic hydroxyl groups is 1. The van der Waals surface area contributed by atoms with Crippen LogP contribution in [0.25, 0.3) is 0 Å². The predicted octanol–water partition coefficient (Wildman–Crippen LogP) is 2.84. The molecule has 0 unspecified atom stereocenters. The highest BCUT2D eigenvalue weighted by Gasteiger charge is 2.07. The van der Waals surface area contributed by atoms with E-state index in [4.69, 9.17) is 0 Å². The number of nitrogens with zero attached hydrogens (tertiary/aromatic N) is 2. The standard InChI is InChI=1S/C14H18N2O/c1-11(2)9-14-15-7-8-16(14)10-12-5-3-4-6-13(12)17/h3-8,11,17H,9-10H2,1-2H3. The topological polar surface area (TPSA) is 38.0 Å². The molecule has 0 saturated carbocycles. The first-order valence-corrected chi connectivity index (χ1v) is 5.93. The molecule has 3 heteroatoms. The Morgan fingerprint density at radius 3 is 2.76 bits per heavy atom. The summed E-state index contributed by atoms with van der Waals surface area (Å²) >= 11 is 0. The van der Waals surface area contributed by atoms with Crippen LogP contribution in [0.1, 0.15) is 25.2 Å². The Hall–Kier alpha value is -1.77. The fourth-order valence-corrected chi connectivity index (χ4v) is 1.87. The lowest BCUT2D eigenvalue weighted by atomic mass is 10.1. The van der Waals surface area contributed by atoms with E-state index in [-0.39, 0.29) is 0 Å². The highest BCUT2D eigenvalue weighted by molar-refractivity contribution is 5.32. The number of hydrogen-bond donors (Lipinski definition) is 1. The highest BCUT2D eigenvalue weighted by Crippen LogP contribution is 2.18. The van der Waals surface area contributed by atoms with E-state index in [1.54, 1.807) is 6.07 Å². The molecule has 0 fully saturated rings. The van der Waals surface area contributed by atoms with Crippen molar-refractivity contribution in [1.82, 2.24) is 9.55 Å². The summed E-state index contributed by atoms with van der Waals surface area (Å²) in [5, 5.41) is 9.75. The average Bonchev–Trinajstić information content (AvgIpc) is 2.68. The minimum atomic E-state index is 0.344. The second kappa shape index (κ2) is 5.04. The molecule has 0 atom stereocenters. The molecule has 2 aromatic rings. The molecule has 0 amide bonds. The summed E-state index contributed by atoms with van der Waals surface area (Å²) in [7, 11) is 0. The monoisotopic (exact) mass is 230 g/mol. The lowest BCUT2D eigenvalue weighted by Crippen LogP contribution is -2.07. The van der Waals surface area contributed by atoms with E-state index in [0.717, 1.165) is 17.8 Å². The van der Waals surface area contributed by atoms with Crippen LogP contribution in [0.5, 0.6) is 5.75 Å². The third-order valence-corrected chi connectivity index (χ3v) is 2.72. The molecular weight excluding hydrogens is 212 g/mol. The maximum absolute atomic E-state index is 9.75. The molecule has 0 aliphatic rings. The quantitative estimate of drug-likeness (QED) is 0.877. The molecule has 0 bridgehead atoms. The summed E-state index contributed by atoms with van der Waals surface area (Å²) < 4.78 is 2.09. The first-order chi connectivity index (χ1) is 8.16. The minimum absolute atomic E-state index is 0.344. The van der Waals surface area contributed by atoms with Gasteiger partial charge in [-0.1, -0.05) is 32.0 Å². The number of aromatic nitrogens is 2. The summed E-state index contributed by atoms with van der Waals surface area (Å²) in [5.41, 5.74) is 0.926. The zero-order valence-electron chi connectivity index (χ0n) is 10.3. The van der Waals surface area contributed by atoms with Gasteiger partial charge in [0.2, 0.25) is 0 Å². The van der Waals surface area contributed by atoms with Gasteiger partial charge in [-0.25, -0.2) is 4.98 Å². The molecule has 17 heavy (non-hydrogen) atoms. The fraction of sp³-hybridized carbons (Fsp3) is 0.357. The SMILES string of the molecule is CC(C)Cc1nccn1Cc1ccccc1O. The number of phenols is 1. The van der Waals surface area contributed by atoms with E-state index in [2.05, 4.69) is 23.4 Å². The Kier molecular flexibility index (Phi) is 3.47. The van der Waals surface area contributed by atoms with E-state index in [9.17, 15) is 5.11 Å². The molecule has 2 rings (SSSR count). The molecule has 90 valence electrons. The van der Waals surface area contributed by atoms with Gasteiger partial charge in [0.05, 0.1) is 6.54 Å². The normalized spacial score (nSPS) is 11.0. The molecule has 0 saturated heterocycles.